The van der Waals surface area contributed by atoms with Gasteiger partial charge in [-0.2, -0.15) is 0 Å². The molecule has 2 unspecified atom stereocenters. The van der Waals surface area contributed by atoms with Crippen LogP contribution in [0.2, 0.25) is 0 Å². The Bertz CT molecular complexity index is 1290. The van der Waals surface area contributed by atoms with Gasteiger partial charge in [-0.3, -0.25) is 9.59 Å². The average molecular weight is 582 g/mol. The lowest BCUT2D eigenvalue weighted by atomic mass is 9.89. The summed E-state index contributed by atoms with van der Waals surface area (Å²) in [6, 6.07) is 0.671. The van der Waals surface area contributed by atoms with Crippen molar-refractivity contribution in [2.45, 2.75) is 37.0 Å². The Morgan fingerprint density at radius 2 is 2.13 bits per heavy atom. The number of rotatable bonds is 10. The Morgan fingerprint density at radius 3 is 2.76 bits per heavy atom. The second-order valence-corrected chi connectivity index (χ2v) is 11.5. The molecule has 14 nitrogen and oxygen atoms in total. The number of nitrogens with one attached hydrogen (secondary N) is 1. The van der Waals surface area contributed by atoms with E-state index in [9.17, 15) is 19.5 Å². The van der Waals surface area contributed by atoms with E-state index in [0.29, 0.717) is 17.5 Å². The fraction of sp³-hybridized carbons (Fsp3) is 0.476. The van der Waals surface area contributed by atoms with E-state index in [2.05, 4.69) is 20.4 Å². The summed E-state index contributed by atoms with van der Waals surface area (Å²) in [6.45, 7) is 4.27. The molecular weight excluding hydrogens is 554 g/mol. The van der Waals surface area contributed by atoms with Crippen LogP contribution >= 0.6 is 34.9 Å². The number of fused-ring (bicyclic) bond motifs is 1. The SMILES string of the molecule is CCON=C(C(=O)NC1C(=O)N2CC(CSc3nc(N)cc(N)[n+]3CC)(C(=O)[O-])CS[C@H]12)c1csc(N)n1. The highest BCUT2D eigenvalue weighted by molar-refractivity contribution is 8.00. The number of anilines is 3. The number of aliphatic carboxylic acids is 1. The summed E-state index contributed by atoms with van der Waals surface area (Å²) >= 11 is 3.58. The summed E-state index contributed by atoms with van der Waals surface area (Å²) in [7, 11) is 0. The topological polar surface area (TPSA) is 219 Å². The quantitative estimate of drug-likeness (QED) is 0.0614. The van der Waals surface area contributed by atoms with E-state index in [0.717, 1.165) is 11.3 Å². The van der Waals surface area contributed by atoms with E-state index in [4.69, 9.17) is 22.0 Å². The van der Waals surface area contributed by atoms with Crippen molar-refractivity contribution in [2.75, 3.05) is 41.9 Å². The lowest BCUT2D eigenvalue weighted by Gasteiger charge is -2.55. The highest BCUT2D eigenvalue weighted by Gasteiger charge is 2.56. The predicted molar refractivity (Wildman–Crippen MR) is 142 cm³/mol. The van der Waals surface area contributed by atoms with Gasteiger partial charge in [-0.1, -0.05) is 21.9 Å². The zero-order valence-corrected chi connectivity index (χ0v) is 23.0. The highest BCUT2D eigenvalue weighted by Crippen LogP contribution is 2.44. The van der Waals surface area contributed by atoms with Gasteiger partial charge in [0.2, 0.25) is 17.5 Å². The molecule has 3 atom stereocenters. The summed E-state index contributed by atoms with van der Waals surface area (Å²) in [5.74, 6) is -1.45. The van der Waals surface area contributed by atoms with Crippen LogP contribution in [-0.4, -0.2) is 74.4 Å². The van der Waals surface area contributed by atoms with Gasteiger partial charge in [0.05, 0.1) is 18.6 Å². The van der Waals surface area contributed by atoms with Gasteiger partial charge in [0.1, 0.15) is 23.7 Å². The van der Waals surface area contributed by atoms with Crippen LogP contribution in [0.3, 0.4) is 0 Å². The summed E-state index contributed by atoms with van der Waals surface area (Å²) in [4.78, 5) is 53.1. The number of carbonyl (C=O) groups is 3. The standard InChI is InChI=1S/C21H27N9O5S3/c1-3-29-12(23)5-11(22)26-20(29)38-9-21(18(33)34)7-30-16(32)14(17(30)37-8-21)27-15(31)13(28-35-4-2)10-6-36-19(24)25-10/h5-6,14,17H,3-4,7-9H2,1-2H3,(H7,22,23,24,25,27,31,33,34)/t14?,17-,21?/m1/s1. The number of nitrogens with two attached hydrogens (primary N) is 3. The number of carboxylic acid groups (broad SMARTS) is 1. The van der Waals surface area contributed by atoms with Gasteiger partial charge >= 0.3 is 5.16 Å². The van der Waals surface area contributed by atoms with Gasteiger partial charge in [-0.05, 0) is 13.8 Å². The molecule has 0 radical (unpaired) electrons. The van der Waals surface area contributed by atoms with Gasteiger partial charge in [0.15, 0.2) is 10.8 Å². The summed E-state index contributed by atoms with van der Waals surface area (Å²) in [5, 5.41) is 20.7. The van der Waals surface area contributed by atoms with Crippen molar-refractivity contribution in [3.8, 4) is 0 Å². The number of amides is 2. The number of nitrogens with zero attached hydrogens (tertiary/aromatic N) is 5. The van der Waals surface area contributed by atoms with Crippen molar-refractivity contribution >= 4 is 75.1 Å². The first-order valence-corrected chi connectivity index (χ1v) is 14.5. The Balaban J connectivity index is 1.46. The Labute approximate surface area is 230 Å². The number of thiazole rings is 1. The molecule has 2 aliphatic rings. The number of hydrogen-bond donors (Lipinski definition) is 4. The minimum atomic E-state index is -1.34. The van der Waals surface area contributed by atoms with Crippen LogP contribution in [-0.2, 0) is 25.8 Å². The lowest BCUT2D eigenvalue weighted by Crippen LogP contribution is -2.75. The zero-order valence-electron chi connectivity index (χ0n) is 20.6. The second-order valence-electron chi connectivity index (χ2n) is 8.54. The number of carboxylic acids is 1. The molecule has 2 saturated heterocycles. The van der Waals surface area contributed by atoms with Crippen LogP contribution in [0, 0.1) is 5.41 Å². The van der Waals surface area contributed by atoms with Gasteiger partial charge in [0, 0.05) is 28.8 Å². The van der Waals surface area contributed by atoms with Crippen molar-refractivity contribution < 1.29 is 28.9 Å². The van der Waals surface area contributed by atoms with E-state index in [-0.39, 0.29) is 47.0 Å². The van der Waals surface area contributed by atoms with Crippen molar-refractivity contribution in [3.05, 3.63) is 17.1 Å². The minimum absolute atomic E-state index is 0.0718. The van der Waals surface area contributed by atoms with Crippen molar-refractivity contribution in [3.63, 3.8) is 0 Å². The Hall–Kier alpha value is -3.31. The summed E-state index contributed by atoms with van der Waals surface area (Å²) in [5.41, 5.74) is 16.3. The lowest BCUT2D eigenvalue weighted by molar-refractivity contribution is -0.719. The third kappa shape index (κ3) is 5.30. The number of hydrogen-bond acceptors (Lipinski definition) is 14. The molecular formula is C21H27N9O5S3. The maximum absolute atomic E-state index is 13.0. The van der Waals surface area contributed by atoms with Crippen molar-refractivity contribution in [1.82, 2.24) is 20.2 Å². The average Bonchev–Trinajstić information content (AvgIpc) is 3.31. The van der Waals surface area contributed by atoms with Gasteiger partial charge in [0.25, 0.3) is 5.91 Å². The van der Waals surface area contributed by atoms with E-state index >= 15 is 0 Å². The van der Waals surface area contributed by atoms with E-state index in [1.54, 1.807) is 16.9 Å². The molecule has 2 aromatic rings. The summed E-state index contributed by atoms with van der Waals surface area (Å²) in [6.07, 6.45) is 0. The van der Waals surface area contributed by atoms with Crippen LogP contribution in [0.25, 0.3) is 0 Å². The van der Waals surface area contributed by atoms with Gasteiger partial charge < -0.3 is 42.2 Å². The Kier molecular flexibility index (Phi) is 8.17. The molecule has 2 aromatic heterocycles. The molecule has 38 heavy (non-hydrogen) atoms. The first kappa shape index (κ1) is 27.7. The monoisotopic (exact) mass is 581 g/mol. The molecule has 0 saturated carbocycles. The number of aromatic nitrogens is 3. The van der Waals surface area contributed by atoms with Gasteiger partial charge in [-0.25, -0.2) is 9.55 Å². The molecule has 17 heteroatoms. The molecule has 4 rings (SSSR count). The zero-order chi connectivity index (χ0) is 27.6. The molecule has 0 spiro atoms. The van der Waals surface area contributed by atoms with Crippen LogP contribution in [0.1, 0.15) is 19.5 Å². The van der Waals surface area contributed by atoms with E-state index in [1.807, 2.05) is 6.92 Å². The molecule has 0 bridgehead atoms. The highest BCUT2D eigenvalue weighted by atomic mass is 32.2. The molecule has 2 fully saturated rings. The summed E-state index contributed by atoms with van der Waals surface area (Å²) < 4.78 is 1.72. The number of thioether (sulfide) groups is 2. The largest absolute Gasteiger partial charge is 0.549 e. The van der Waals surface area contributed by atoms with Crippen molar-refractivity contribution in [2.24, 2.45) is 10.6 Å². The van der Waals surface area contributed by atoms with E-state index < -0.39 is 34.6 Å². The molecule has 2 amide bonds. The first-order valence-electron chi connectivity index (χ1n) is 11.5. The number of β-lactam (4-membered cyclic amide) rings is 1. The fourth-order valence-electron chi connectivity index (χ4n) is 4.01. The van der Waals surface area contributed by atoms with Crippen LogP contribution in [0.5, 0.6) is 0 Å². The van der Waals surface area contributed by atoms with Crippen LogP contribution in [0.4, 0.5) is 16.8 Å². The Morgan fingerprint density at radius 1 is 1.37 bits per heavy atom. The third-order valence-electron chi connectivity index (χ3n) is 5.99. The number of nitrogen functional groups attached to an aromatic ring is 3. The smallest absolute Gasteiger partial charge is 0.300 e. The van der Waals surface area contributed by atoms with Crippen LogP contribution < -0.4 is 32.2 Å². The molecule has 4 heterocycles. The molecule has 204 valence electrons. The molecule has 7 N–H and O–H groups in total. The van der Waals surface area contributed by atoms with Crippen LogP contribution in [0.15, 0.2) is 21.8 Å². The molecule has 0 aromatic carbocycles. The third-order valence-corrected chi connectivity index (χ3v) is 9.51. The maximum atomic E-state index is 13.0. The second kappa shape index (κ2) is 11.2. The van der Waals surface area contributed by atoms with Crippen molar-refractivity contribution in [1.29, 1.82) is 0 Å². The van der Waals surface area contributed by atoms with E-state index in [1.165, 1.54) is 34.5 Å². The first-order chi connectivity index (χ1) is 18.1. The number of carbonyl (C=O) groups excluding carboxylic acids is 3. The molecule has 0 aliphatic carbocycles. The maximum Gasteiger partial charge on any atom is 0.300 e. The molecule has 2 aliphatic heterocycles. The predicted octanol–water partition coefficient (Wildman–Crippen LogP) is -1.74. The minimum Gasteiger partial charge on any atom is -0.549 e. The van der Waals surface area contributed by atoms with Gasteiger partial charge in [-0.15, -0.1) is 23.1 Å². The normalized spacial score (nSPS) is 22.9. The fourth-order valence-corrected chi connectivity index (χ4v) is 7.50. The number of oxime groups is 1.